The normalized spacial score (nSPS) is 11.1. The van der Waals surface area contributed by atoms with Crippen molar-refractivity contribution in [1.29, 1.82) is 0 Å². The van der Waals surface area contributed by atoms with E-state index in [-0.39, 0.29) is 6.54 Å². The molecule has 8 heteroatoms. The first-order valence-electron chi connectivity index (χ1n) is 4.57. The molecule has 0 spiro atoms. The predicted molar refractivity (Wildman–Crippen MR) is 59.9 cm³/mol. The number of anilines is 1. The zero-order chi connectivity index (χ0) is 12.0. The van der Waals surface area contributed by atoms with Crippen molar-refractivity contribution >= 4 is 16.0 Å². The number of ether oxygens (including phenoxy) is 1. The van der Waals surface area contributed by atoms with Crippen LogP contribution in [0.15, 0.2) is 12.3 Å². The Hall–Kier alpha value is -1.41. The van der Waals surface area contributed by atoms with Gasteiger partial charge in [0.1, 0.15) is 0 Å². The second kappa shape index (κ2) is 5.61. The molecule has 16 heavy (non-hydrogen) atoms. The van der Waals surface area contributed by atoms with Crippen molar-refractivity contribution in [3.8, 4) is 5.88 Å². The van der Waals surface area contributed by atoms with Crippen molar-refractivity contribution in [3.63, 3.8) is 0 Å². The van der Waals surface area contributed by atoms with Crippen LogP contribution in [0, 0.1) is 0 Å². The summed E-state index contributed by atoms with van der Waals surface area (Å²) in [5.74, 6) is 0.850. The molecule has 0 fully saturated rings. The lowest BCUT2D eigenvalue weighted by atomic mass is 10.6. The molecule has 0 atom stereocenters. The molecule has 0 saturated carbocycles. The van der Waals surface area contributed by atoms with Crippen LogP contribution in [0.4, 0.5) is 5.95 Å². The summed E-state index contributed by atoms with van der Waals surface area (Å²) in [6, 6.07) is 1.62. The van der Waals surface area contributed by atoms with Gasteiger partial charge in [0.15, 0.2) is 0 Å². The second-order valence-electron chi connectivity index (χ2n) is 3.02. The average Bonchev–Trinajstić information content (AvgIpc) is 2.23. The molecule has 0 aromatic carbocycles. The second-order valence-corrected chi connectivity index (χ2v) is 4.85. The Morgan fingerprint density at radius 2 is 2.19 bits per heavy atom. The third-order valence-electron chi connectivity index (χ3n) is 1.61. The summed E-state index contributed by atoms with van der Waals surface area (Å²) >= 11 is 0. The van der Waals surface area contributed by atoms with Crippen LogP contribution in [0.5, 0.6) is 5.88 Å². The number of methoxy groups -OCH3 is 1. The first-order valence-corrected chi connectivity index (χ1v) is 6.46. The third-order valence-corrected chi connectivity index (χ3v) is 2.34. The zero-order valence-corrected chi connectivity index (χ0v) is 9.91. The minimum Gasteiger partial charge on any atom is -0.481 e. The molecule has 0 aliphatic rings. The topological polar surface area (TPSA) is 93.2 Å². The van der Waals surface area contributed by atoms with Gasteiger partial charge in [-0.05, 0) is 0 Å². The van der Waals surface area contributed by atoms with Gasteiger partial charge >= 0.3 is 0 Å². The number of rotatable bonds is 6. The smallest absolute Gasteiger partial charge is 0.225 e. The van der Waals surface area contributed by atoms with Crippen molar-refractivity contribution < 1.29 is 13.2 Å². The first-order chi connectivity index (χ1) is 7.51. The third kappa shape index (κ3) is 4.89. The molecule has 0 bridgehead atoms. The molecule has 7 nitrogen and oxygen atoms in total. The van der Waals surface area contributed by atoms with E-state index >= 15 is 0 Å². The molecule has 1 rings (SSSR count). The van der Waals surface area contributed by atoms with Crippen molar-refractivity contribution in [1.82, 2.24) is 14.7 Å². The highest BCUT2D eigenvalue weighted by molar-refractivity contribution is 7.88. The Balaban J connectivity index is 2.37. The van der Waals surface area contributed by atoms with Crippen molar-refractivity contribution in [2.24, 2.45) is 0 Å². The van der Waals surface area contributed by atoms with Gasteiger partial charge in [-0.25, -0.2) is 18.1 Å². The van der Waals surface area contributed by atoms with Crippen molar-refractivity contribution in [2.75, 3.05) is 31.8 Å². The van der Waals surface area contributed by atoms with Crippen molar-refractivity contribution in [3.05, 3.63) is 12.3 Å². The molecule has 90 valence electrons. The van der Waals surface area contributed by atoms with Crippen LogP contribution in [-0.2, 0) is 10.0 Å². The largest absolute Gasteiger partial charge is 0.481 e. The quantitative estimate of drug-likeness (QED) is 0.654. The fraction of sp³-hybridized carbons (Fsp3) is 0.500. The van der Waals surface area contributed by atoms with E-state index in [0.717, 1.165) is 6.26 Å². The predicted octanol–water partition coefficient (Wildman–Crippen LogP) is -0.554. The lowest BCUT2D eigenvalue weighted by Crippen LogP contribution is -2.27. The number of aromatic nitrogens is 2. The lowest BCUT2D eigenvalue weighted by molar-refractivity contribution is 0.397. The monoisotopic (exact) mass is 246 g/mol. The molecule has 0 aliphatic carbocycles. The van der Waals surface area contributed by atoms with E-state index in [4.69, 9.17) is 4.74 Å². The highest BCUT2D eigenvalue weighted by atomic mass is 32.2. The summed E-state index contributed by atoms with van der Waals surface area (Å²) in [6.45, 7) is 0.680. The van der Waals surface area contributed by atoms with E-state index in [1.165, 1.54) is 7.11 Å². The van der Waals surface area contributed by atoms with Crippen LogP contribution in [0.1, 0.15) is 0 Å². The number of nitrogens with one attached hydrogen (secondary N) is 2. The Labute approximate surface area is 94.3 Å². The summed E-state index contributed by atoms with van der Waals surface area (Å²) < 4.78 is 28.8. The van der Waals surface area contributed by atoms with Gasteiger partial charge in [0.2, 0.25) is 21.9 Å². The molecule has 0 aliphatic heterocycles. The summed E-state index contributed by atoms with van der Waals surface area (Å²) in [6.07, 6.45) is 2.66. The van der Waals surface area contributed by atoms with Crippen LogP contribution in [-0.4, -0.2) is 44.8 Å². The summed E-state index contributed by atoms with van der Waals surface area (Å²) in [5, 5.41) is 2.86. The van der Waals surface area contributed by atoms with E-state index in [1.807, 2.05) is 0 Å². The van der Waals surface area contributed by atoms with Gasteiger partial charge in [-0.15, -0.1) is 0 Å². The number of sulfonamides is 1. The minimum atomic E-state index is -3.15. The summed E-state index contributed by atoms with van der Waals surface area (Å²) in [5.41, 5.74) is 0. The van der Waals surface area contributed by atoms with Crippen LogP contribution < -0.4 is 14.8 Å². The molecule has 1 heterocycles. The first kappa shape index (κ1) is 12.7. The van der Waals surface area contributed by atoms with Crippen LogP contribution in [0.2, 0.25) is 0 Å². The van der Waals surface area contributed by atoms with E-state index < -0.39 is 10.0 Å². The molecule has 2 N–H and O–H groups in total. The van der Waals surface area contributed by atoms with Gasteiger partial charge in [0.05, 0.1) is 13.4 Å². The molecule has 0 unspecified atom stereocenters. The van der Waals surface area contributed by atoms with Gasteiger partial charge in [-0.1, -0.05) is 0 Å². The number of hydrogen-bond donors (Lipinski definition) is 2. The van der Waals surface area contributed by atoms with Crippen LogP contribution in [0.3, 0.4) is 0 Å². The van der Waals surface area contributed by atoms with E-state index in [2.05, 4.69) is 20.0 Å². The molecular weight excluding hydrogens is 232 g/mol. The molecule has 0 radical (unpaired) electrons. The maximum absolute atomic E-state index is 10.8. The number of hydrogen-bond acceptors (Lipinski definition) is 6. The Kier molecular flexibility index (Phi) is 4.44. The minimum absolute atomic E-state index is 0.277. The SMILES string of the molecule is COc1ccnc(NCCNS(C)(=O)=O)n1. The van der Waals surface area contributed by atoms with E-state index in [0.29, 0.717) is 18.4 Å². The van der Waals surface area contributed by atoms with Gasteiger partial charge in [0, 0.05) is 25.4 Å². The zero-order valence-electron chi connectivity index (χ0n) is 9.10. The lowest BCUT2D eigenvalue weighted by Gasteiger charge is -2.05. The molecule has 0 amide bonds. The van der Waals surface area contributed by atoms with Crippen molar-refractivity contribution in [2.45, 2.75) is 0 Å². The fourth-order valence-electron chi connectivity index (χ4n) is 0.952. The Morgan fingerprint density at radius 3 is 2.81 bits per heavy atom. The summed E-state index contributed by atoms with van der Waals surface area (Å²) in [7, 11) is -1.64. The van der Waals surface area contributed by atoms with Gasteiger partial charge < -0.3 is 10.1 Å². The maximum Gasteiger partial charge on any atom is 0.225 e. The van der Waals surface area contributed by atoms with Gasteiger partial charge in [0.25, 0.3) is 0 Å². The highest BCUT2D eigenvalue weighted by Gasteiger charge is 2.00. The highest BCUT2D eigenvalue weighted by Crippen LogP contribution is 2.06. The van der Waals surface area contributed by atoms with Gasteiger partial charge in [-0.2, -0.15) is 4.98 Å². The molecule has 1 aromatic rings. The molecule has 1 aromatic heterocycles. The Bertz CT molecular complexity index is 435. The Morgan fingerprint density at radius 1 is 1.44 bits per heavy atom. The standard InChI is InChI=1S/C8H14N4O3S/c1-15-7-3-4-9-8(12-7)10-5-6-11-16(2,13)14/h3-4,11H,5-6H2,1-2H3,(H,9,10,12). The summed E-state index contributed by atoms with van der Waals surface area (Å²) in [4.78, 5) is 7.95. The van der Waals surface area contributed by atoms with Crippen LogP contribution in [0.25, 0.3) is 0 Å². The fourth-order valence-corrected chi connectivity index (χ4v) is 1.42. The van der Waals surface area contributed by atoms with Gasteiger partial charge in [-0.3, -0.25) is 0 Å². The van der Waals surface area contributed by atoms with E-state index in [1.54, 1.807) is 12.3 Å². The average molecular weight is 246 g/mol. The maximum atomic E-state index is 10.8. The molecule has 0 saturated heterocycles. The van der Waals surface area contributed by atoms with Crippen LogP contribution >= 0.6 is 0 Å². The van der Waals surface area contributed by atoms with E-state index in [9.17, 15) is 8.42 Å². The molecular formula is C8H14N4O3S. The number of nitrogens with zero attached hydrogens (tertiary/aromatic N) is 2.